The lowest BCUT2D eigenvalue weighted by Crippen LogP contribution is -2.35. The monoisotopic (exact) mass is 289 g/mol. The topological polar surface area (TPSA) is 105 Å². The summed E-state index contributed by atoms with van der Waals surface area (Å²) in [5.74, 6) is 0. The van der Waals surface area contributed by atoms with Gasteiger partial charge in [0, 0.05) is 15.7 Å². The molecule has 3 N–H and O–H groups in total. The summed E-state index contributed by atoms with van der Waals surface area (Å²) >= 11 is 4.79. The first-order valence-corrected chi connectivity index (χ1v) is 7.07. The molecule has 92 valence electrons. The van der Waals surface area contributed by atoms with E-state index >= 15 is 0 Å². The molecule has 2 atom stereocenters. The summed E-state index contributed by atoms with van der Waals surface area (Å²) in [6, 6.07) is 0. The van der Waals surface area contributed by atoms with E-state index in [9.17, 15) is 9.13 Å². The van der Waals surface area contributed by atoms with Crippen LogP contribution in [0.4, 0.5) is 0 Å². The van der Waals surface area contributed by atoms with Gasteiger partial charge >= 0.3 is 22.8 Å². The van der Waals surface area contributed by atoms with Gasteiger partial charge in [-0.3, -0.25) is 0 Å². The molecule has 2 unspecified atom stereocenters. The quantitative estimate of drug-likeness (QED) is 0.266. The van der Waals surface area contributed by atoms with Gasteiger partial charge in [0.25, 0.3) is 0 Å². The Labute approximate surface area is 100 Å². The minimum atomic E-state index is -2.96. The highest BCUT2D eigenvalue weighted by atomic mass is 32.1. The van der Waals surface area contributed by atoms with Gasteiger partial charge in [-0.15, -0.1) is 9.79 Å². The lowest BCUT2D eigenvalue weighted by molar-refractivity contribution is 0.0578. The fourth-order valence-corrected chi connectivity index (χ4v) is 1.78. The molecule has 0 aliphatic rings. The highest BCUT2D eigenvalue weighted by Gasteiger charge is 2.35. The van der Waals surface area contributed by atoms with Gasteiger partial charge < -0.3 is 5.32 Å². The van der Waals surface area contributed by atoms with Crippen molar-refractivity contribution >= 4 is 33.7 Å². The van der Waals surface area contributed by atoms with Crippen LogP contribution in [0, 0.1) is 0 Å². The molecule has 0 heterocycles. The van der Waals surface area contributed by atoms with Crippen molar-refractivity contribution in [1.29, 1.82) is 0 Å². The van der Waals surface area contributed by atoms with Crippen molar-refractivity contribution in [2.75, 3.05) is 6.54 Å². The molecule has 0 saturated carbocycles. The minimum absolute atomic E-state index is 0.0387. The maximum atomic E-state index is 10.4. The van der Waals surface area contributed by atoms with Crippen LogP contribution < -0.4 is 5.32 Å². The highest BCUT2D eigenvalue weighted by molar-refractivity contribution is 7.80. The second-order valence-corrected chi connectivity index (χ2v) is 4.48. The summed E-state index contributed by atoms with van der Waals surface area (Å²) in [5, 5.41) is 2.70. The average Bonchev–Trinajstić information content (AvgIpc) is 2.15. The van der Waals surface area contributed by atoms with Crippen LogP contribution in [0.5, 0.6) is 0 Å². The van der Waals surface area contributed by atoms with Crippen LogP contribution in [0.2, 0.25) is 0 Å². The van der Waals surface area contributed by atoms with Crippen molar-refractivity contribution in [1.82, 2.24) is 5.32 Å². The molecule has 0 spiro atoms. The minimum Gasteiger partial charge on any atom is -0.375 e. The Morgan fingerprint density at radius 1 is 1.38 bits per heavy atom. The fraction of sp³-hybridized carbons (Fsp3) is 0.833. The summed E-state index contributed by atoms with van der Waals surface area (Å²) < 4.78 is 29.5. The molecular weight excluding hydrogens is 276 g/mol. The molecule has 0 aromatic heterocycles. The Balaban J connectivity index is 4.20. The summed E-state index contributed by atoms with van der Waals surface area (Å²) in [6.45, 7) is 2.51. The van der Waals surface area contributed by atoms with Crippen molar-refractivity contribution in [3.05, 3.63) is 0 Å². The van der Waals surface area contributed by atoms with Crippen LogP contribution in [0.3, 0.4) is 0 Å². The maximum Gasteiger partial charge on any atom is 0.698 e. The predicted molar refractivity (Wildman–Crippen MR) is 61.1 cm³/mol. The maximum absolute atomic E-state index is 10.4. The van der Waals surface area contributed by atoms with Crippen LogP contribution in [-0.2, 0) is 18.2 Å². The van der Waals surface area contributed by atoms with E-state index < -0.39 is 22.8 Å². The van der Waals surface area contributed by atoms with Gasteiger partial charge in [0.2, 0.25) is 0 Å². The number of unbranched alkanes of at least 4 members (excludes halogenated alkanes) is 1. The Kier molecular flexibility index (Phi) is 8.97. The first-order valence-electron chi connectivity index (χ1n) is 4.41. The number of thiocarbonyl (C=S) groups is 1. The van der Waals surface area contributed by atoms with E-state index in [1.807, 2.05) is 6.92 Å². The Hall–Kier alpha value is -0.0700. The first-order chi connectivity index (χ1) is 7.47. The smallest absolute Gasteiger partial charge is 0.375 e. The van der Waals surface area contributed by atoms with Crippen molar-refractivity contribution in [2.24, 2.45) is 0 Å². The van der Waals surface area contributed by atoms with E-state index in [1.165, 1.54) is 0 Å². The molecule has 16 heavy (non-hydrogen) atoms. The molecule has 0 rings (SSSR count). The third-order valence-corrected chi connectivity index (χ3v) is 2.50. The molecule has 0 aromatic carbocycles. The molecule has 0 fully saturated rings. The van der Waals surface area contributed by atoms with Gasteiger partial charge in [-0.2, -0.15) is 0 Å². The lowest BCUT2D eigenvalue weighted by atomic mass is 10.3. The zero-order valence-electron chi connectivity index (χ0n) is 8.53. The lowest BCUT2D eigenvalue weighted by Gasteiger charge is -2.07. The van der Waals surface area contributed by atoms with Crippen molar-refractivity contribution < 1.29 is 28.0 Å². The van der Waals surface area contributed by atoms with Gasteiger partial charge in [0.1, 0.15) is 4.99 Å². The molecule has 0 radical (unpaired) electrons. The third-order valence-electron chi connectivity index (χ3n) is 1.42. The zero-order valence-corrected chi connectivity index (χ0v) is 11.1. The van der Waals surface area contributed by atoms with E-state index in [0.29, 0.717) is 6.54 Å². The molecule has 0 aliphatic carbocycles. The third kappa shape index (κ3) is 8.13. The van der Waals surface area contributed by atoms with E-state index in [2.05, 4.69) is 14.4 Å². The molecule has 10 heteroatoms. The fourth-order valence-electron chi connectivity index (χ4n) is 0.750. The Bertz CT molecular complexity index is 260. The Morgan fingerprint density at radius 2 is 1.88 bits per heavy atom. The van der Waals surface area contributed by atoms with Gasteiger partial charge in [-0.05, 0) is 6.42 Å². The predicted octanol–water partition coefficient (Wildman–Crippen LogP) is 1.36. The van der Waals surface area contributed by atoms with Crippen molar-refractivity contribution in [3.63, 3.8) is 0 Å². The summed E-state index contributed by atoms with van der Waals surface area (Å²) in [6.07, 6.45) is 0.280. The number of nitrogens with one attached hydrogen (secondary N) is 1. The summed E-state index contributed by atoms with van der Waals surface area (Å²) in [4.78, 5) is 17.0. The molecule has 0 aliphatic heterocycles. The second-order valence-electron chi connectivity index (χ2n) is 2.66. The molecular formula is C6H13NO6P2S+2. The molecule has 0 saturated heterocycles. The molecule has 0 aromatic rings. The summed E-state index contributed by atoms with van der Waals surface area (Å²) in [5.41, 5.74) is 0. The number of hydrogen-bond donors (Lipinski definition) is 3. The number of hydrogen-bond acceptors (Lipinski definition) is 5. The average molecular weight is 289 g/mol. The largest absolute Gasteiger partial charge is 0.698 e. The van der Waals surface area contributed by atoms with Crippen LogP contribution in [0.25, 0.3) is 0 Å². The van der Waals surface area contributed by atoms with Crippen LogP contribution >= 0.6 is 28.7 Å². The van der Waals surface area contributed by atoms with E-state index in [1.54, 1.807) is 0 Å². The first kappa shape index (κ1) is 15.9. The highest BCUT2D eigenvalue weighted by Crippen LogP contribution is 2.26. The second kappa shape index (κ2) is 9.01. The molecule has 0 bridgehead atoms. The number of rotatable bonds is 8. The van der Waals surface area contributed by atoms with E-state index in [0.717, 1.165) is 12.8 Å². The normalized spacial score (nSPS) is 14.2. The summed E-state index contributed by atoms with van der Waals surface area (Å²) in [7, 11) is -5.93. The van der Waals surface area contributed by atoms with E-state index in [-0.39, 0.29) is 4.99 Å². The Morgan fingerprint density at radius 3 is 2.25 bits per heavy atom. The van der Waals surface area contributed by atoms with E-state index in [4.69, 9.17) is 22.0 Å². The SMILES string of the molecule is CCCCNC(=S)C(O[P+](=O)O)O[P+](=O)O. The molecule has 7 nitrogen and oxygen atoms in total. The standard InChI is InChI=1S/C6H11NO6P2S/c1-2-3-4-7-5(16)6(12-14(8)9)13-15(10)11/h6H,2-4H2,1H3,(H-2,7,8,9,10,11,16)/p+2. The zero-order chi connectivity index (χ0) is 12.6. The van der Waals surface area contributed by atoms with Crippen LogP contribution in [0.1, 0.15) is 19.8 Å². The van der Waals surface area contributed by atoms with Crippen molar-refractivity contribution in [3.8, 4) is 0 Å². The van der Waals surface area contributed by atoms with Crippen LogP contribution in [0.15, 0.2) is 0 Å². The van der Waals surface area contributed by atoms with Gasteiger partial charge in [-0.1, -0.05) is 34.6 Å². The van der Waals surface area contributed by atoms with Gasteiger partial charge in [0.05, 0.1) is 0 Å². The van der Waals surface area contributed by atoms with Gasteiger partial charge in [-0.25, -0.2) is 0 Å². The van der Waals surface area contributed by atoms with Crippen molar-refractivity contribution in [2.45, 2.75) is 26.1 Å². The van der Waals surface area contributed by atoms with Gasteiger partial charge in [0.15, 0.2) is 0 Å². The molecule has 0 amide bonds. The van der Waals surface area contributed by atoms with Crippen LogP contribution in [-0.4, -0.2) is 27.6 Å².